The van der Waals surface area contributed by atoms with E-state index in [1.807, 2.05) is 66.7 Å². The molecule has 0 unspecified atom stereocenters. The third-order valence-electron chi connectivity index (χ3n) is 10.1. The highest BCUT2D eigenvalue weighted by molar-refractivity contribution is 7.88. The zero-order valence-corrected chi connectivity index (χ0v) is 32.6. The number of hydrogen-bond donors (Lipinski definition) is 2. The van der Waals surface area contributed by atoms with Crippen molar-refractivity contribution in [2.75, 3.05) is 50.4 Å². The number of aryl methyl sites for hydroxylation is 1. The minimum Gasteiger partial charge on any atom is -0.508 e. The van der Waals surface area contributed by atoms with Crippen LogP contribution >= 0.6 is 23.2 Å². The molecule has 7 rings (SSSR count). The second kappa shape index (κ2) is 17.0. The van der Waals surface area contributed by atoms with Gasteiger partial charge in [-0.3, -0.25) is 9.58 Å². The fraction of sp³-hybridized carbons (Fsp3) is 0.310. The standard InChI is InChI=1S/C42H44Cl2N6O3S/c1-54(52,53)49-22-19-41-39(30-49)42(46-50(41)21-2-20-47-23-25-48(26-24-47)37-14-16-38(51)17-15-37)35-11-18-40(44)34(27-35)10-7-31-3-5-32(6-4-31)28-45-29-33-8-12-36(43)13-9-33/h3-6,8-9,11-18,27,45,51H,2,19-26,28-30H2,1H3. The molecule has 2 N–H and O–H groups in total. The maximum absolute atomic E-state index is 12.6. The van der Waals surface area contributed by atoms with Crippen molar-refractivity contribution < 1.29 is 13.5 Å². The molecule has 4 aromatic carbocycles. The van der Waals surface area contributed by atoms with Crippen LogP contribution in [0.4, 0.5) is 5.69 Å². The van der Waals surface area contributed by atoms with E-state index in [4.69, 9.17) is 28.3 Å². The maximum atomic E-state index is 12.6. The number of fused-ring (bicyclic) bond motifs is 1. The Hall–Kier alpha value is -4.34. The minimum atomic E-state index is -3.37. The Balaban J connectivity index is 1.02. The van der Waals surface area contributed by atoms with Gasteiger partial charge in [0.15, 0.2) is 0 Å². The highest BCUT2D eigenvalue weighted by atomic mass is 35.5. The minimum absolute atomic E-state index is 0.281. The largest absolute Gasteiger partial charge is 0.508 e. The van der Waals surface area contributed by atoms with E-state index in [0.29, 0.717) is 23.6 Å². The van der Waals surface area contributed by atoms with Crippen LogP contribution in [-0.4, -0.2) is 78.0 Å². The van der Waals surface area contributed by atoms with E-state index in [1.54, 1.807) is 12.1 Å². The van der Waals surface area contributed by atoms with Gasteiger partial charge in [-0.15, -0.1) is 0 Å². The molecule has 280 valence electrons. The molecule has 0 saturated carbocycles. The number of hydrogen-bond acceptors (Lipinski definition) is 7. The van der Waals surface area contributed by atoms with Gasteiger partial charge >= 0.3 is 0 Å². The predicted octanol–water partition coefficient (Wildman–Crippen LogP) is 6.78. The van der Waals surface area contributed by atoms with E-state index >= 15 is 0 Å². The number of benzene rings is 4. The van der Waals surface area contributed by atoms with Gasteiger partial charge in [0.25, 0.3) is 0 Å². The number of nitrogens with zero attached hydrogens (tertiary/aromatic N) is 5. The highest BCUT2D eigenvalue weighted by Gasteiger charge is 2.30. The Morgan fingerprint density at radius 1 is 0.815 bits per heavy atom. The Morgan fingerprint density at radius 3 is 2.19 bits per heavy atom. The van der Waals surface area contributed by atoms with Crippen LogP contribution in [0.25, 0.3) is 11.3 Å². The molecule has 0 radical (unpaired) electrons. The molecular formula is C42H44Cl2N6O3S. The monoisotopic (exact) mass is 782 g/mol. The van der Waals surface area contributed by atoms with Gasteiger partial charge in [0.1, 0.15) is 5.75 Å². The van der Waals surface area contributed by atoms with Crippen LogP contribution in [0, 0.1) is 11.8 Å². The molecule has 1 saturated heterocycles. The first-order valence-corrected chi connectivity index (χ1v) is 20.9. The lowest BCUT2D eigenvalue weighted by Crippen LogP contribution is -2.46. The number of aromatic nitrogens is 2. The molecule has 1 fully saturated rings. The van der Waals surface area contributed by atoms with Crippen LogP contribution in [0.3, 0.4) is 0 Å². The smallest absolute Gasteiger partial charge is 0.211 e. The van der Waals surface area contributed by atoms with Gasteiger partial charge in [-0.25, -0.2) is 8.42 Å². The van der Waals surface area contributed by atoms with Gasteiger partial charge < -0.3 is 15.3 Å². The van der Waals surface area contributed by atoms with Crippen molar-refractivity contribution in [2.45, 2.75) is 39.0 Å². The first-order chi connectivity index (χ1) is 26.1. The average Bonchev–Trinajstić information content (AvgIpc) is 3.54. The zero-order valence-electron chi connectivity index (χ0n) is 30.3. The summed E-state index contributed by atoms with van der Waals surface area (Å²) in [5, 5.41) is 19.5. The molecule has 3 heterocycles. The Labute approximate surface area is 328 Å². The summed E-state index contributed by atoms with van der Waals surface area (Å²) in [5.41, 5.74) is 8.70. The van der Waals surface area contributed by atoms with E-state index in [-0.39, 0.29) is 12.3 Å². The summed E-state index contributed by atoms with van der Waals surface area (Å²) < 4.78 is 28.9. The molecule has 0 bridgehead atoms. The Kier molecular flexibility index (Phi) is 11.9. The van der Waals surface area contributed by atoms with Crippen LogP contribution in [0.2, 0.25) is 10.0 Å². The topological polar surface area (TPSA) is 93.9 Å². The van der Waals surface area contributed by atoms with Gasteiger partial charge in [-0.2, -0.15) is 9.40 Å². The molecular weight excluding hydrogens is 739 g/mol. The fourth-order valence-corrected chi connectivity index (χ4v) is 8.15. The van der Waals surface area contributed by atoms with Crippen LogP contribution in [0.1, 0.15) is 39.9 Å². The molecule has 0 amide bonds. The van der Waals surface area contributed by atoms with Crippen molar-refractivity contribution in [1.82, 2.24) is 24.3 Å². The van der Waals surface area contributed by atoms with E-state index in [9.17, 15) is 13.5 Å². The molecule has 9 nitrogen and oxygen atoms in total. The van der Waals surface area contributed by atoms with Gasteiger partial charge in [-0.1, -0.05) is 65.4 Å². The predicted molar refractivity (Wildman–Crippen MR) is 217 cm³/mol. The van der Waals surface area contributed by atoms with Crippen molar-refractivity contribution in [1.29, 1.82) is 0 Å². The number of halogens is 2. The van der Waals surface area contributed by atoms with Gasteiger partial charge in [0.05, 0.1) is 17.0 Å². The molecule has 2 aliphatic rings. The molecule has 54 heavy (non-hydrogen) atoms. The number of phenolic OH excluding ortho intramolecular Hbond substituents is 1. The number of rotatable bonds is 11. The summed E-state index contributed by atoms with van der Waals surface area (Å²) in [5.74, 6) is 6.81. The molecule has 12 heteroatoms. The summed E-state index contributed by atoms with van der Waals surface area (Å²) >= 11 is 12.7. The lowest BCUT2D eigenvalue weighted by molar-refractivity contribution is 0.248. The van der Waals surface area contributed by atoms with Crippen molar-refractivity contribution in [3.8, 4) is 28.8 Å². The van der Waals surface area contributed by atoms with Gasteiger partial charge in [0, 0.05) is 111 Å². The lowest BCUT2D eigenvalue weighted by Gasteiger charge is -2.36. The molecule has 0 spiro atoms. The normalized spacial score (nSPS) is 15.1. The third-order valence-corrected chi connectivity index (χ3v) is 11.9. The van der Waals surface area contributed by atoms with Gasteiger partial charge in [-0.05, 0) is 78.2 Å². The Bertz CT molecular complexity index is 2240. The molecule has 2 aliphatic heterocycles. The van der Waals surface area contributed by atoms with E-state index in [0.717, 1.165) is 103 Å². The number of anilines is 1. The van der Waals surface area contributed by atoms with Crippen molar-refractivity contribution in [3.05, 3.63) is 135 Å². The van der Waals surface area contributed by atoms with Crippen molar-refractivity contribution in [2.24, 2.45) is 0 Å². The average molecular weight is 784 g/mol. The lowest BCUT2D eigenvalue weighted by atomic mass is 10.0. The van der Waals surface area contributed by atoms with E-state index in [2.05, 4.69) is 43.8 Å². The van der Waals surface area contributed by atoms with Gasteiger partial charge in [0.2, 0.25) is 10.0 Å². The first kappa shape index (κ1) is 38.0. The zero-order chi connectivity index (χ0) is 37.7. The van der Waals surface area contributed by atoms with Crippen molar-refractivity contribution >= 4 is 38.9 Å². The summed E-state index contributed by atoms with van der Waals surface area (Å²) in [4.78, 5) is 4.83. The third kappa shape index (κ3) is 9.47. The summed E-state index contributed by atoms with van der Waals surface area (Å²) in [6.07, 6.45) is 2.80. The summed E-state index contributed by atoms with van der Waals surface area (Å²) in [7, 11) is -3.37. The van der Waals surface area contributed by atoms with Crippen LogP contribution < -0.4 is 10.2 Å². The molecule has 1 aromatic heterocycles. The second-order valence-electron chi connectivity index (χ2n) is 13.9. The quantitative estimate of drug-likeness (QED) is 0.143. The van der Waals surface area contributed by atoms with Crippen LogP contribution in [0.15, 0.2) is 91.0 Å². The number of piperazine rings is 1. The maximum Gasteiger partial charge on any atom is 0.211 e. The van der Waals surface area contributed by atoms with Crippen LogP contribution in [-0.2, 0) is 42.6 Å². The van der Waals surface area contributed by atoms with Crippen molar-refractivity contribution in [3.63, 3.8) is 0 Å². The molecule has 0 atom stereocenters. The first-order valence-electron chi connectivity index (χ1n) is 18.2. The van der Waals surface area contributed by atoms with Crippen LogP contribution in [0.5, 0.6) is 5.75 Å². The number of sulfonamides is 1. The second-order valence-corrected chi connectivity index (χ2v) is 16.7. The number of nitrogens with one attached hydrogen (secondary N) is 1. The fourth-order valence-electron chi connectivity index (χ4n) is 7.07. The molecule has 5 aromatic rings. The Morgan fingerprint density at radius 2 is 1.50 bits per heavy atom. The highest BCUT2D eigenvalue weighted by Crippen LogP contribution is 2.33. The summed E-state index contributed by atoms with van der Waals surface area (Å²) in [6, 6.07) is 29.2. The number of aromatic hydroxyl groups is 1. The summed E-state index contributed by atoms with van der Waals surface area (Å²) in [6.45, 7) is 7.70. The van der Waals surface area contributed by atoms with E-state index < -0.39 is 10.0 Å². The number of phenols is 1. The van der Waals surface area contributed by atoms with E-state index in [1.165, 1.54) is 16.1 Å². The SMILES string of the molecule is CS(=O)(=O)N1CCc2c(c(-c3ccc(Cl)c(C#Cc4ccc(CNCc5ccc(Cl)cc5)cc4)c3)nn2CCCN2CCN(c3ccc(O)cc3)CC2)C1. The molecule has 0 aliphatic carbocycles.